The lowest BCUT2D eigenvalue weighted by atomic mass is 10.1. The van der Waals surface area contributed by atoms with Crippen LogP contribution in [0.15, 0.2) is 22.7 Å². The van der Waals surface area contributed by atoms with Gasteiger partial charge in [0.25, 0.3) is 5.91 Å². The van der Waals surface area contributed by atoms with Gasteiger partial charge in [0.1, 0.15) is 0 Å². The number of aliphatic hydroxyl groups is 1. The minimum Gasteiger partial charge on any atom is -0.388 e. The molecule has 92 valence electrons. The third kappa shape index (κ3) is 2.69. The number of hydrogen-bond acceptors (Lipinski definition) is 2. The third-order valence-electron chi connectivity index (χ3n) is 3.16. The van der Waals surface area contributed by atoms with Crippen molar-refractivity contribution in [2.75, 3.05) is 13.1 Å². The highest BCUT2D eigenvalue weighted by molar-refractivity contribution is 9.10. The van der Waals surface area contributed by atoms with Crippen LogP contribution in [0, 0.1) is 6.92 Å². The molecular weight excluding hydrogens is 282 g/mol. The zero-order valence-corrected chi connectivity index (χ0v) is 11.6. The molecule has 1 atom stereocenters. The molecule has 1 fully saturated rings. The predicted octanol–water partition coefficient (Wildman–Crippen LogP) is 2.35. The Kier molecular flexibility index (Phi) is 3.27. The second-order valence-corrected chi connectivity index (χ2v) is 5.79. The van der Waals surface area contributed by atoms with Gasteiger partial charge < -0.3 is 10.0 Å². The van der Waals surface area contributed by atoms with Crippen molar-refractivity contribution in [3.05, 3.63) is 33.8 Å². The second kappa shape index (κ2) is 4.42. The normalized spacial score (nSPS) is 24.1. The third-order valence-corrected chi connectivity index (χ3v) is 4.01. The Morgan fingerprint density at radius 3 is 2.76 bits per heavy atom. The van der Waals surface area contributed by atoms with Crippen molar-refractivity contribution >= 4 is 21.8 Å². The van der Waals surface area contributed by atoms with Crippen LogP contribution in [0.2, 0.25) is 0 Å². The molecule has 1 heterocycles. The summed E-state index contributed by atoms with van der Waals surface area (Å²) in [6.07, 6.45) is 0.645. The number of benzene rings is 1. The number of carbonyl (C=O) groups is 1. The number of aryl methyl sites for hydroxylation is 1. The molecule has 3 nitrogen and oxygen atoms in total. The minimum absolute atomic E-state index is 0.0107. The largest absolute Gasteiger partial charge is 0.388 e. The molecule has 0 aliphatic carbocycles. The molecule has 0 radical (unpaired) electrons. The van der Waals surface area contributed by atoms with Gasteiger partial charge in [0.15, 0.2) is 0 Å². The Morgan fingerprint density at radius 2 is 2.24 bits per heavy atom. The van der Waals surface area contributed by atoms with Gasteiger partial charge in [-0.15, -0.1) is 0 Å². The number of halogens is 1. The number of rotatable bonds is 1. The molecule has 1 aliphatic rings. The fourth-order valence-electron chi connectivity index (χ4n) is 2.03. The van der Waals surface area contributed by atoms with Crippen molar-refractivity contribution in [3.8, 4) is 0 Å². The molecule has 0 bridgehead atoms. The molecule has 1 unspecified atom stereocenters. The first-order chi connectivity index (χ1) is 7.89. The summed E-state index contributed by atoms with van der Waals surface area (Å²) in [6.45, 7) is 4.79. The smallest absolute Gasteiger partial charge is 0.253 e. The molecule has 4 heteroatoms. The number of amides is 1. The molecule has 0 saturated carbocycles. The summed E-state index contributed by atoms with van der Waals surface area (Å²) in [7, 11) is 0. The molecule has 0 spiro atoms. The molecule has 1 aromatic carbocycles. The first-order valence-electron chi connectivity index (χ1n) is 5.67. The molecule has 1 aromatic rings. The van der Waals surface area contributed by atoms with E-state index >= 15 is 0 Å². The maximum absolute atomic E-state index is 12.2. The van der Waals surface area contributed by atoms with Gasteiger partial charge in [-0.1, -0.05) is 22.0 Å². The average Bonchev–Trinajstić information content (AvgIpc) is 2.62. The molecule has 1 amide bonds. The van der Waals surface area contributed by atoms with Gasteiger partial charge in [-0.2, -0.15) is 0 Å². The van der Waals surface area contributed by atoms with E-state index in [-0.39, 0.29) is 5.91 Å². The van der Waals surface area contributed by atoms with E-state index in [1.807, 2.05) is 25.1 Å². The summed E-state index contributed by atoms with van der Waals surface area (Å²) < 4.78 is 0.939. The van der Waals surface area contributed by atoms with Crippen LogP contribution in [-0.2, 0) is 0 Å². The molecular formula is C13H16BrNO2. The van der Waals surface area contributed by atoms with Gasteiger partial charge in [0, 0.05) is 23.1 Å². The monoisotopic (exact) mass is 297 g/mol. The van der Waals surface area contributed by atoms with Gasteiger partial charge in [0.05, 0.1) is 5.60 Å². The van der Waals surface area contributed by atoms with Gasteiger partial charge in [-0.3, -0.25) is 4.79 Å². The Hall–Kier alpha value is -0.870. The molecule has 1 aliphatic heterocycles. The summed E-state index contributed by atoms with van der Waals surface area (Å²) in [6, 6.07) is 5.59. The maximum Gasteiger partial charge on any atom is 0.253 e. The standard InChI is InChI=1S/C13H16BrNO2/c1-9-3-4-10(7-11(9)14)12(16)15-6-5-13(2,17)8-15/h3-4,7,17H,5-6,8H2,1-2H3. The van der Waals surface area contributed by atoms with Crippen LogP contribution in [0.4, 0.5) is 0 Å². The quantitative estimate of drug-likeness (QED) is 0.864. The van der Waals surface area contributed by atoms with E-state index < -0.39 is 5.60 Å². The Morgan fingerprint density at radius 1 is 1.53 bits per heavy atom. The number of nitrogens with zero attached hydrogens (tertiary/aromatic N) is 1. The van der Waals surface area contributed by atoms with Crippen molar-refractivity contribution in [3.63, 3.8) is 0 Å². The molecule has 2 rings (SSSR count). The fourth-order valence-corrected chi connectivity index (χ4v) is 2.41. The fraction of sp³-hybridized carbons (Fsp3) is 0.462. The van der Waals surface area contributed by atoms with E-state index in [1.54, 1.807) is 11.8 Å². The lowest BCUT2D eigenvalue weighted by Gasteiger charge is -2.19. The van der Waals surface area contributed by atoms with Crippen molar-refractivity contribution in [1.29, 1.82) is 0 Å². The maximum atomic E-state index is 12.2. The molecule has 1 saturated heterocycles. The highest BCUT2D eigenvalue weighted by Gasteiger charge is 2.34. The number of carbonyl (C=O) groups excluding carboxylic acids is 1. The Bertz CT molecular complexity index is 457. The Labute approximate surface area is 110 Å². The lowest BCUT2D eigenvalue weighted by molar-refractivity contribution is 0.0572. The van der Waals surface area contributed by atoms with Crippen molar-refractivity contribution in [1.82, 2.24) is 4.90 Å². The molecule has 17 heavy (non-hydrogen) atoms. The summed E-state index contributed by atoms with van der Waals surface area (Å²) >= 11 is 3.43. The summed E-state index contributed by atoms with van der Waals surface area (Å²) in [5, 5.41) is 9.86. The number of hydrogen-bond donors (Lipinski definition) is 1. The van der Waals surface area contributed by atoms with Crippen LogP contribution in [0.25, 0.3) is 0 Å². The van der Waals surface area contributed by atoms with Gasteiger partial charge in [0.2, 0.25) is 0 Å². The van der Waals surface area contributed by atoms with Crippen LogP contribution in [-0.4, -0.2) is 34.6 Å². The van der Waals surface area contributed by atoms with Crippen LogP contribution in [0.5, 0.6) is 0 Å². The van der Waals surface area contributed by atoms with Gasteiger partial charge >= 0.3 is 0 Å². The first kappa shape index (κ1) is 12.6. The van der Waals surface area contributed by atoms with Crippen molar-refractivity contribution < 1.29 is 9.90 Å². The van der Waals surface area contributed by atoms with E-state index in [0.717, 1.165) is 10.0 Å². The van der Waals surface area contributed by atoms with E-state index in [1.165, 1.54) is 0 Å². The highest BCUT2D eigenvalue weighted by atomic mass is 79.9. The Balaban J connectivity index is 2.18. The van der Waals surface area contributed by atoms with Crippen LogP contribution in [0.3, 0.4) is 0 Å². The first-order valence-corrected chi connectivity index (χ1v) is 6.46. The number of β-amino-alcohol motifs (C(OH)–C–C–N with tert-alkyl or cyclic N) is 1. The summed E-state index contributed by atoms with van der Waals surface area (Å²) in [5.41, 5.74) is 1.03. The zero-order chi connectivity index (χ0) is 12.6. The van der Waals surface area contributed by atoms with Gasteiger partial charge in [-0.05, 0) is 38.0 Å². The van der Waals surface area contributed by atoms with Crippen molar-refractivity contribution in [2.45, 2.75) is 25.9 Å². The van der Waals surface area contributed by atoms with Crippen molar-refractivity contribution in [2.24, 2.45) is 0 Å². The lowest BCUT2D eigenvalue weighted by Crippen LogP contribution is -2.33. The predicted molar refractivity (Wildman–Crippen MR) is 70.0 cm³/mol. The zero-order valence-electron chi connectivity index (χ0n) is 10.0. The number of likely N-dealkylation sites (tertiary alicyclic amines) is 1. The van der Waals surface area contributed by atoms with Crippen LogP contribution >= 0.6 is 15.9 Å². The van der Waals surface area contributed by atoms with Gasteiger partial charge in [-0.25, -0.2) is 0 Å². The van der Waals surface area contributed by atoms with E-state index in [2.05, 4.69) is 15.9 Å². The highest BCUT2D eigenvalue weighted by Crippen LogP contribution is 2.24. The van der Waals surface area contributed by atoms with Crippen LogP contribution in [0.1, 0.15) is 29.3 Å². The molecule has 0 aromatic heterocycles. The summed E-state index contributed by atoms with van der Waals surface area (Å²) in [4.78, 5) is 13.9. The van der Waals surface area contributed by atoms with E-state index in [9.17, 15) is 9.90 Å². The average molecular weight is 298 g/mol. The summed E-state index contributed by atoms with van der Waals surface area (Å²) in [5.74, 6) is -0.0107. The van der Waals surface area contributed by atoms with Crippen LogP contribution < -0.4 is 0 Å². The van der Waals surface area contributed by atoms with E-state index in [4.69, 9.17) is 0 Å². The second-order valence-electron chi connectivity index (χ2n) is 4.94. The SMILES string of the molecule is Cc1ccc(C(=O)N2CCC(C)(O)C2)cc1Br. The molecule has 1 N–H and O–H groups in total. The topological polar surface area (TPSA) is 40.5 Å². The van der Waals surface area contributed by atoms with E-state index in [0.29, 0.717) is 25.1 Å². The minimum atomic E-state index is -0.739.